The van der Waals surface area contributed by atoms with Crippen LogP contribution in [0.2, 0.25) is 0 Å². The number of anilines is 6. The third-order valence-electron chi connectivity index (χ3n) is 12.1. The molecule has 8 aromatic carbocycles. The summed E-state index contributed by atoms with van der Waals surface area (Å²) in [6, 6.07) is 53.3. The van der Waals surface area contributed by atoms with E-state index >= 15 is 4.57 Å². The molecule has 0 saturated carbocycles. The molecule has 12 rings (SSSR count). The third kappa shape index (κ3) is 4.24. The van der Waals surface area contributed by atoms with E-state index in [0.717, 1.165) is 118 Å². The maximum absolute atomic E-state index is 17.1. The number of aryl methyl sites for hydroxylation is 2. The van der Waals surface area contributed by atoms with Crippen molar-refractivity contribution in [2.75, 3.05) is 9.80 Å². The number of hydrogen-bond acceptors (Lipinski definition) is 5. The number of benzene rings is 8. The molecular formula is C50H35N2O3P. The summed E-state index contributed by atoms with van der Waals surface area (Å²) in [4.78, 5) is 4.60. The summed E-state index contributed by atoms with van der Waals surface area (Å²) in [6.07, 6.45) is 1.89. The Balaban J connectivity index is 1.23. The first kappa shape index (κ1) is 31.8. The van der Waals surface area contributed by atoms with Gasteiger partial charge in [-0.2, -0.15) is 0 Å². The van der Waals surface area contributed by atoms with Gasteiger partial charge in [0.2, 0.25) is 0 Å². The monoisotopic (exact) mass is 742 g/mol. The van der Waals surface area contributed by atoms with Crippen LogP contribution in [0, 0.1) is 0 Å². The Bertz CT molecular complexity index is 3320. The predicted octanol–water partition coefficient (Wildman–Crippen LogP) is 13.0. The van der Waals surface area contributed by atoms with Gasteiger partial charge in [0.1, 0.15) is 22.3 Å². The molecule has 0 N–H and O–H groups in total. The Labute approximate surface area is 323 Å². The maximum atomic E-state index is 17.1. The molecule has 0 fully saturated rings. The first-order valence-corrected chi connectivity index (χ1v) is 21.1. The van der Waals surface area contributed by atoms with Crippen LogP contribution in [-0.2, 0) is 17.4 Å². The minimum Gasteiger partial charge on any atom is -0.456 e. The average molecular weight is 743 g/mol. The fourth-order valence-electron chi connectivity index (χ4n) is 9.25. The number of rotatable bonds is 4. The van der Waals surface area contributed by atoms with Gasteiger partial charge in [-0.3, -0.25) is 0 Å². The van der Waals surface area contributed by atoms with Crippen molar-refractivity contribution in [3.8, 4) is 0 Å². The lowest BCUT2D eigenvalue weighted by Crippen LogP contribution is -2.43. The fraction of sp³-hybridized carbons (Fsp3) is 0.0800. The normalized spacial score (nSPS) is 15.9. The Morgan fingerprint density at radius 2 is 0.964 bits per heavy atom. The van der Waals surface area contributed by atoms with Crippen molar-refractivity contribution in [2.24, 2.45) is 0 Å². The Morgan fingerprint density at radius 3 is 1.64 bits per heavy atom. The van der Waals surface area contributed by atoms with Crippen molar-refractivity contribution in [3.63, 3.8) is 0 Å². The van der Waals surface area contributed by atoms with E-state index in [1.807, 2.05) is 18.2 Å². The fourth-order valence-corrected chi connectivity index (χ4v) is 12.6. The highest BCUT2D eigenvalue weighted by atomic mass is 31.2. The molecule has 2 aliphatic heterocycles. The van der Waals surface area contributed by atoms with Crippen LogP contribution in [0.4, 0.5) is 34.1 Å². The van der Waals surface area contributed by atoms with E-state index < -0.39 is 7.14 Å². The predicted molar refractivity (Wildman–Crippen MR) is 233 cm³/mol. The lowest BCUT2D eigenvalue weighted by molar-refractivity contribution is 0.592. The van der Waals surface area contributed by atoms with Crippen LogP contribution < -0.4 is 25.7 Å². The van der Waals surface area contributed by atoms with Gasteiger partial charge in [-0.1, -0.05) is 86.6 Å². The molecule has 0 spiro atoms. The zero-order valence-corrected chi connectivity index (χ0v) is 31.8. The van der Waals surface area contributed by atoms with E-state index in [0.29, 0.717) is 0 Å². The van der Waals surface area contributed by atoms with Crippen LogP contribution in [0.15, 0.2) is 160 Å². The first-order valence-electron chi connectivity index (χ1n) is 19.4. The highest BCUT2D eigenvalue weighted by molar-refractivity contribution is 7.86. The second kappa shape index (κ2) is 11.5. The van der Waals surface area contributed by atoms with Crippen LogP contribution in [0.3, 0.4) is 0 Å². The van der Waals surface area contributed by atoms with E-state index in [4.69, 9.17) is 8.83 Å². The van der Waals surface area contributed by atoms with E-state index in [2.05, 4.69) is 157 Å². The van der Waals surface area contributed by atoms with Gasteiger partial charge in [-0.15, -0.1) is 0 Å². The Kier molecular flexibility index (Phi) is 6.52. The summed E-state index contributed by atoms with van der Waals surface area (Å²) in [5, 5.41) is 8.63. The van der Waals surface area contributed by atoms with Crippen molar-refractivity contribution < 1.29 is 13.4 Å². The van der Waals surface area contributed by atoms with Gasteiger partial charge in [-0.05, 0) is 108 Å². The zero-order chi connectivity index (χ0) is 37.3. The van der Waals surface area contributed by atoms with Crippen LogP contribution >= 0.6 is 7.14 Å². The van der Waals surface area contributed by atoms with Crippen molar-refractivity contribution in [1.82, 2.24) is 0 Å². The average Bonchev–Trinajstić information content (AvgIpc) is 3.79. The summed E-state index contributed by atoms with van der Waals surface area (Å²) >= 11 is 0. The largest absolute Gasteiger partial charge is 0.456 e. The number of para-hydroxylation sites is 1. The van der Waals surface area contributed by atoms with Crippen LogP contribution in [0.5, 0.6) is 0 Å². The van der Waals surface area contributed by atoms with Crippen molar-refractivity contribution >= 4 is 112 Å². The topological polar surface area (TPSA) is 49.8 Å². The summed E-state index contributed by atoms with van der Waals surface area (Å²) < 4.78 is 30.4. The molecular weight excluding hydrogens is 708 g/mol. The van der Waals surface area contributed by atoms with Gasteiger partial charge in [0.05, 0.1) is 28.1 Å². The minimum absolute atomic E-state index is 0.725. The number of furan rings is 2. The smallest absolute Gasteiger partial charge is 0.179 e. The quantitative estimate of drug-likeness (QED) is 0.168. The third-order valence-corrected chi connectivity index (χ3v) is 15.2. The van der Waals surface area contributed by atoms with E-state index in [-0.39, 0.29) is 0 Å². The molecule has 10 aromatic rings. The minimum atomic E-state index is -3.60. The molecule has 1 unspecified atom stereocenters. The molecule has 1 atom stereocenters. The lowest BCUT2D eigenvalue weighted by atomic mass is 10.0. The molecule has 0 bridgehead atoms. The molecule has 268 valence electrons. The molecule has 0 amide bonds. The molecule has 5 nitrogen and oxygen atoms in total. The van der Waals surface area contributed by atoms with Crippen molar-refractivity contribution in [2.45, 2.75) is 26.7 Å². The van der Waals surface area contributed by atoms with E-state index in [1.54, 1.807) is 0 Å². The maximum Gasteiger partial charge on any atom is 0.179 e. The highest BCUT2D eigenvalue weighted by Gasteiger charge is 2.49. The summed E-state index contributed by atoms with van der Waals surface area (Å²) in [5.74, 6) is 0. The standard InChI is InChI=1S/C50H35N2O3P/c1-3-30-16-20-34(21-17-30)51-40-13-9-14-41-50(40)56(53,49-29-47-38(26-42(49)51)36-12-7-8-15-44(36)54-47)48-27-39-37-24-32-10-5-6-11-33(32)25-45(37)55-46(39)28-43(48)52(41)35-22-18-31(4-2)19-23-35/h5-29H,3-4H2,1-2H3. The molecule has 4 heterocycles. The molecule has 0 radical (unpaired) electrons. The SMILES string of the molecule is CCc1ccc(N2c3cc4c(cc3P3(=O)c5cc6c(cc5N(c5ccc(CC)cc5)c5cccc2c53)oc2cc3ccccc3cc26)oc2ccccc24)cc1. The van der Waals surface area contributed by atoms with Crippen LogP contribution in [0.1, 0.15) is 25.0 Å². The van der Waals surface area contributed by atoms with E-state index in [1.165, 1.54) is 11.1 Å². The van der Waals surface area contributed by atoms with Gasteiger partial charge in [0, 0.05) is 49.6 Å². The Morgan fingerprint density at radius 1 is 0.446 bits per heavy atom. The number of fused-ring (bicyclic) bond motifs is 11. The zero-order valence-electron chi connectivity index (χ0n) is 30.9. The van der Waals surface area contributed by atoms with Crippen molar-refractivity contribution in [1.29, 1.82) is 0 Å². The number of hydrogen-bond donors (Lipinski definition) is 0. The van der Waals surface area contributed by atoms with Gasteiger partial charge in [0.25, 0.3) is 0 Å². The molecule has 2 aliphatic rings. The van der Waals surface area contributed by atoms with Gasteiger partial charge in [-0.25, -0.2) is 0 Å². The van der Waals surface area contributed by atoms with Gasteiger partial charge in [0.15, 0.2) is 7.14 Å². The van der Waals surface area contributed by atoms with Gasteiger partial charge >= 0.3 is 0 Å². The summed E-state index contributed by atoms with van der Waals surface area (Å²) in [6.45, 7) is 4.35. The summed E-state index contributed by atoms with van der Waals surface area (Å²) in [5.41, 5.74) is 11.2. The molecule has 0 saturated heterocycles. The van der Waals surface area contributed by atoms with Crippen LogP contribution in [0.25, 0.3) is 54.6 Å². The second-order valence-electron chi connectivity index (χ2n) is 15.0. The van der Waals surface area contributed by atoms with E-state index in [9.17, 15) is 0 Å². The molecule has 56 heavy (non-hydrogen) atoms. The lowest BCUT2D eigenvalue weighted by Gasteiger charge is -2.44. The first-order chi connectivity index (χ1) is 27.5. The second-order valence-corrected chi connectivity index (χ2v) is 17.7. The molecule has 2 aromatic heterocycles. The Hall–Kier alpha value is -6.55. The number of nitrogens with zero attached hydrogens (tertiary/aromatic N) is 2. The van der Waals surface area contributed by atoms with Gasteiger partial charge < -0.3 is 23.2 Å². The summed E-state index contributed by atoms with van der Waals surface area (Å²) in [7, 11) is -3.60. The van der Waals surface area contributed by atoms with Crippen LogP contribution in [-0.4, -0.2) is 0 Å². The molecule has 0 aliphatic carbocycles. The highest BCUT2D eigenvalue weighted by Crippen LogP contribution is 2.62. The molecule has 6 heteroatoms. The van der Waals surface area contributed by atoms with Crippen molar-refractivity contribution in [3.05, 3.63) is 163 Å².